The topological polar surface area (TPSA) is 69.7 Å². The van der Waals surface area contributed by atoms with E-state index in [4.69, 9.17) is 0 Å². The molecule has 6 nitrogen and oxygen atoms in total. The maximum atomic E-state index is 13.1. The summed E-state index contributed by atoms with van der Waals surface area (Å²) >= 11 is 0. The van der Waals surface area contributed by atoms with E-state index >= 15 is 0 Å². The molecule has 28 heavy (non-hydrogen) atoms. The van der Waals surface area contributed by atoms with Crippen LogP contribution in [-0.2, 0) is 14.8 Å². The molecule has 1 aliphatic rings. The summed E-state index contributed by atoms with van der Waals surface area (Å²) in [5.41, 5.74) is 0.994. The fraction of sp³-hybridized carbons (Fsp3) is 0.667. The number of benzene rings is 1. The summed E-state index contributed by atoms with van der Waals surface area (Å²) in [7, 11) is -3.74. The van der Waals surface area contributed by atoms with Gasteiger partial charge in [0.1, 0.15) is 6.04 Å². The van der Waals surface area contributed by atoms with Crippen molar-refractivity contribution in [2.24, 2.45) is 11.8 Å². The van der Waals surface area contributed by atoms with Gasteiger partial charge in [0.05, 0.1) is 4.90 Å². The zero-order valence-electron chi connectivity index (χ0n) is 17.8. The van der Waals surface area contributed by atoms with Crippen LogP contribution < -0.4 is 4.72 Å². The molecule has 2 rings (SSSR count). The van der Waals surface area contributed by atoms with Crippen LogP contribution >= 0.6 is 0 Å². The minimum atomic E-state index is -3.74. The number of rotatable bonds is 8. The monoisotopic (exact) mass is 409 g/mol. The lowest BCUT2D eigenvalue weighted by Crippen LogP contribution is -2.55. The highest BCUT2D eigenvalue weighted by Crippen LogP contribution is 2.16. The van der Waals surface area contributed by atoms with Crippen molar-refractivity contribution < 1.29 is 13.2 Å². The molecule has 0 aromatic heterocycles. The molecule has 0 radical (unpaired) electrons. The maximum absolute atomic E-state index is 13.1. The first-order chi connectivity index (χ1) is 13.1. The van der Waals surface area contributed by atoms with E-state index in [1.54, 1.807) is 24.3 Å². The van der Waals surface area contributed by atoms with Crippen molar-refractivity contribution in [2.75, 3.05) is 32.7 Å². The first-order valence-electron chi connectivity index (χ1n) is 10.2. The second kappa shape index (κ2) is 9.85. The number of amides is 1. The van der Waals surface area contributed by atoms with Gasteiger partial charge in [0, 0.05) is 32.7 Å². The molecule has 0 aliphatic carbocycles. The minimum Gasteiger partial charge on any atom is -0.339 e. The van der Waals surface area contributed by atoms with Gasteiger partial charge >= 0.3 is 0 Å². The lowest BCUT2D eigenvalue weighted by Gasteiger charge is -2.37. The second-order valence-corrected chi connectivity index (χ2v) is 10.4. The highest BCUT2D eigenvalue weighted by atomic mass is 32.2. The van der Waals surface area contributed by atoms with Crippen LogP contribution in [-0.4, -0.2) is 62.9 Å². The second-order valence-electron chi connectivity index (χ2n) is 8.64. The molecule has 1 aromatic carbocycles. The third-order valence-corrected chi connectivity index (χ3v) is 6.43. The number of nitrogens with one attached hydrogen (secondary N) is 1. The predicted octanol–water partition coefficient (Wildman–Crippen LogP) is 2.49. The van der Waals surface area contributed by atoms with E-state index in [2.05, 4.69) is 23.5 Å². The number of aryl methyl sites for hydroxylation is 1. The average Bonchev–Trinajstić information content (AvgIpc) is 2.60. The van der Waals surface area contributed by atoms with Crippen molar-refractivity contribution in [3.05, 3.63) is 29.8 Å². The predicted molar refractivity (Wildman–Crippen MR) is 113 cm³/mol. The normalized spacial score (nSPS) is 17.3. The van der Waals surface area contributed by atoms with Crippen LogP contribution in [0.25, 0.3) is 0 Å². The number of nitrogens with zero attached hydrogens (tertiary/aromatic N) is 2. The number of hydrogen-bond donors (Lipinski definition) is 1. The highest BCUT2D eigenvalue weighted by Gasteiger charge is 2.31. The van der Waals surface area contributed by atoms with Gasteiger partial charge in [-0.15, -0.1) is 0 Å². The Morgan fingerprint density at radius 3 is 2.07 bits per heavy atom. The Labute approximate surface area is 170 Å². The van der Waals surface area contributed by atoms with Crippen molar-refractivity contribution in [1.29, 1.82) is 0 Å². The molecule has 1 heterocycles. The number of carbonyl (C=O) groups is 1. The van der Waals surface area contributed by atoms with Crippen molar-refractivity contribution >= 4 is 15.9 Å². The van der Waals surface area contributed by atoms with Crippen LogP contribution in [0, 0.1) is 18.8 Å². The lowest BCUT2D eigenvalue weighted by molar-refractivity contribution is -0.135. The molecule has 1 amide bonds. The Hall–Kier alpha value is -1.44. The lowest BCUT2D eigenvalue weighted by atomic mass is 10.0. The van der Waals surface area contributed by atoms with Crippen LogP contribution in [0.4, 0.5) is 0 Å². The molecule has 0 spiro atoms. The molecule has 1 unspecified atom stereocenters. The van der Waals surface area contributed by atoms with Gasteiger partial charge in [-0.05, 0) is 37.3 Å². The van der Waals surface area contributed by atoms with E-state index in [0.717, 1.165) is 25.2 Å². The van der Waals surface area contributed by atoms with Gasteiger partial charge in [0.25, 0.3) is 0 Å². The van der Waals surface area contributed by atoms with Gasteiger partial charge < -0.3 is 4.90 Å². The van der Waals surface area contributed by atoms with Crippen LogP contribution in [0.15, 0.2) is 29.2 Å². The molecule has 1 atom stereocenters. The molecule has 158 valence electrons. The Kier molecular flexibility index (Phi) is 8.04. The molecular formula is C21H35N3O3S. The van der Waals surface area contributed by atoms with E-state index in [1.807, 2.05) is 25.7 Å². The van der Waals surface area contributed by atoms with Crippen LogP contribution in [0.2, 0.25) is 0 Å². The molecule has 1 aliphatic heterocycles. The summed E-state index contributed by atoms with van der Waals surface area (Å²) in [6.45, 7) is 14.3. The van der Waals surface area contributed by atoms with E-state index < -0.39 is 16.1 Å². The SMILES string of the molecule is Cc1ccc(S(=O)(=O)NC(CC(C)C)C(=O)N2CCN(CC(C)C)CC2)cc1. The zero-order valence-corrected chi connectivity index (χ0v) is 18.6. The summed E-state index contributed by atoms with van der Waals surface area (Å²) in [4.78, 5) is 17.5. The van der Waals surface area contributed by atoms with E-state index in [0.29, 0.717) is 25.4 Å². The summed E-state index contributed by atoms with van der Waals surface area (Å²) in [5, 5.41) is 0. The fourth-order valence-electron chi connectivity index (χ4n) is 3.53. The number of sulfonamides is 1. The van der Waals surface area contributed by atoms with Crippen LogP contribution in [0.5, 0.6) is 0 Å². The highest BCUT2D eigenvalue weighted by molar-refractivity contribution is 7.89. The minimum absolute atomic E-state index is 0.117. The number of hydrogen-bond acceptors (Lipinski definition) is 4. The van der Waals surface area contributed by atoms with E-state index in [-0.39, 0.29) is 16.7 Å². The van der Waals surface area contributed by atoms with Crippen molar-refractivity contribution in [3.63, 3.8) is 0 Å². The summed E-state index contributed by atoms with van der Waals surface area (Å²) in [6, 6.07) is 5.96. The number of piperazine rings is 1. The van der Waals surface area contributed by atoms with E-state index in [9.17, 15) is 13.2 Å². The van der Waals surface area contributed by atoms with Gasteiger partial charge in [-0.25, -0.2) is 8.42 Å². The standard InChI is InChI=1S/C21H35N3O3S/c1-16(2)14-20(22-28(26,27)19-8-6-18(5)7-9-19)21(25)24-12-10-23(11-13-24)15-17(3)4/h6-9,16-17,20,22H,10-15H2,1-5H3. The average molecular weight is 410 g/mol. The first kappa shape index (κ1) is 22.8. The smallest absolute Gasteiger partial charge is 0.241 e. The molecule has 1 N–H and O–H groups in total. The van der Waals surface area contributed by atoms with E-state index in [1.165, 1.54) is 0 Å². The van der Waals surface area contributed by atoms with Gasteiger partial charge in [0.2, 0.25) is 15.9 Å². The molecule has 1 fully saturated rings. The maximum Gasteiger partial charge on any atom is 0.241 e. The third kappa shape index (κ3) is 6.57. The Bertz CT molecular complexity index is 737. The van der Waals surface area contributed by atoms with Gasteiger partial charge in [0.15, 0.2) is 0 Å². The molecule has 0 bridgehead atoms. The largest absolute Gasteiger partial charge is 0.339 e. The Morgan fingerprint density at radius 2 is 1.57 bits per heavy atom. The molecular weight excluding hydrogens is 374 g/mol. The van der Waals surface area contributed by atoms with Crippen molar-refractivity contribution in [3.8, 4) is 0 Å². The van der Waals surface area contributed by atoms with Crippen LogP contribution in [0.3, 0.4) is 0 Å². The summed E-state index contributed by atoms with van der Waals surface area (Å²) in [5.74, 6) is 0.683. The fourth-order valence-corrected chi connectivity index (χ4v) is 4.73. The number of carbonyl (C=O) groups excluding carboxylic acids is 1. The third-order valence-electron chi connectivity index (χ3n) is 4.94. The first-order valence-corrected chi connectivity index (χ1v) is 11.7. The van der Waals surface area contributed by atoms with Crippen molar-refractivity contribution in [1.82, 2.24) is 14.5 Å². The van der Waals surface area contributed by atoms with Crippen molar-refractivity contribution in [2.45, 2.75) is 52.0 Å². The Balaban J connectivity index is 2.08. The van der Waals surface area contributed by atoms with Crippen LogP contribution in [0.1, 0.15) is 39.7 Å². The van der Waals surface area contributed by atoms with Gasteiger partial charge in [-0.3, -0.25) is 9.69 Å². The Morgan fingerprint density at radius 1 is 1.00 bits per heavy atom. The van der Waals surface area contributed by atoms with Gasteiger partial charge in [-0.1, -0.05) is 45.4 Å². The molecule has 7 heteroatoms. The summed E-state index contributed by atoms with van der Waals surface area (Å²) < 4.78 is 28.3. The molecule has 1 saturated heterocycles. The molecule has 0 saturated carbocycles. The summed E-state index contributed by atoms with van der Waals surface area (Å²) in [6.07, 6.45) is 0.482. The quantitative estimate of drug-likeness (QED) is 0.716. The molecule has 1 aromatic rings. The van der Waals surface area contributed by atoms with Gasteiger partial charge in [-0.2, -0.15) is 4.72 Å². The zero-order chi connectivity index (χ0) is 20.9.